The van der Waals surface area contributed by atoms with E-state index in [4.69, 9.17) is 23.2 Å². The van der Waals surface area contributed by atoms with Gasteiger partial charge in [-0.2, -0.15) is 0 Å². The molecule has 0 aliphatic heterocycles. The maximum absolute atomic E-state index is 12.5. The molecule has 4 nitrogen and oxygen atoms in total. The fourth-order valence-electron chi connectivity index (χ4n) is 2.56. The Balaban J connectivity index is 1.64. The number of ketones is 1. The number of Topliss-reactive ketones (excluding diaryl/α,β-unsaturated/α-hetero) is 1. The van der Waals surface area contributed by atoms with E-state index in [1.807, 2.05) is 11.5 Å². The van der Waals surface area contributed by atoms with Crippen LogP contribution in [0.15, 0.2) is 52.5 Å². The number of hydrogen-bond acceptors (Lipinski definition) is 5. The van der Waals surface area contributed by atoms with Gasteiger partial charge in [0.05, 0.1) is 16.5 Å². The maximum atomic E-state index is 12.5. The molecule has 3 rings (SSSR count). The number of thioether (sulfide) groups is 2. The van der Waals surface area contributed by atoms with Crippen molar-refractivity contribution in [1.82, 2.24) is 14.8 Å². The number of rotatable bonds is 8. The van der Waals surface area contributed by atoms with E-state index >= 15 is 0 Å². The molecule has 0 saturated carbocycles. The lowest BCUT2D eigenvalue weighted by molar-refractivity contribution is 0.102. The van der Waals surface area contributed by atoms with Gasteiger partial charge in [-0.25, -0.2) is 0 Å². The fourth-order valence-corrected chi connectivity index (χ4v) is 4.81. The normalized spacial score (nSPS) is 11.0. The van der Waals surface area contributed by atoms with Crippen molar-refractivity contribution in [3.63, 3.8) is 0 Å². The molecular formula is C20H19Cl2N3OS2. The van der Waals surface area contributed by atoms with Crippen molar-refractivity contribution in [1.29, 1.82) is 0 Å². The van der Waals surface area contributed by atoms with Gasteiger partial charge in [0, 0.05) is 22.0 Å². The summed E-state index contributed by atoms with van der Waals surface area (Å²) < 4.78 is 2.04. The van der Waals surface area contributed by atoms with Gasteiger partial charge in [-0.15, -0.1) is 22.0 Å². The summed E-state index contributed by atoms with van der Waals surface area (Å²) in [6, 6.07) is 13.3. The highest BCUT2D eigenvalue weighted by Gasteiger charge is 2.16. The molecule has 0 spiro atoms. The third kappa shape index (κ3) is 5.32. The summed E-state index contributed by atoms with van der Waals surface area (Å²) in [6.07, 6.45) is 0. The van der Waals surface area contributed by atoms with E-state index in [-0.39, 0.29) is 11.5 Å². The topological polar surface area (TPSA) is 47.8 Å². The summed E-state index contributed by atoms with van der Waals surface area (Å²) in [4.78, 5) is 13.7. The number of benzene rings is 2. The minimum absolute atomic E-state index is 0.0621. The van der Waals surface area contributed by atoms with Crippen LogP contribution >= 0.6 is 46.7 Å². The Morgan fingerprint density at radius 2 is 1.82 bits per heavy atom. The fraction of sp³-hybridized carbons (Fsp3) is 0.250. The Bertz CT molecular complexity index is 974. The molecule has 0 fully saturated rings. The van der Waals surface area contributed by atoms with Crippen LogP contribution in [0.4, 0.5) is 0 Å². The van der Waals surface area contributed by atoms with E-state index in [2.05, 4.69) is 41.4 Å². The largest absolute Gasteiger partial charge is 0.306 e. The van der Waals surface area contributed by atoms with E-state index in [1.54, 1.807) is 30.0 Å². The van der Waals surface area contributed by atoms with Crippen LogP contribution < -0.4 is 0 Å². The van der Waals surface area contributed by atoms with Crippen molar-refractivity contribution in [2.24, 2.45) is 0 Å². The molecule has 146 valence electrons. The second-order valence-electron chi connectivity index (χ2n) is 6.08. The van der Waals surface area contributed by atoms with Gasteiger partial charge in [-0.3, -0.25) is 4.79 Å². The highest BCUT2D eigenvalue weighted by atomic mass is 35.5. The smallest absolute Gasteiger partial charge is 0.191 e. The number of carbonyl (C=O) groups excluding carboxylic acids is 1. The Hall–Kier alpha value is -1.47. The first-order valence-corrected chi connectivity index (χ1v) is 11.4. The second kappa shape index (κ2) is 9.83. The van der Waals surface area contributed by atoms with Crippen molar-refractivity contribution in [2.45, 2.75) is 36.2 Å². The molecule has 2 aromatic carbocycles. The predicted octanol–water partition coefficient (Wildman–Crippen LogP) is 6.18. The summed E-state index contributed by atoms with van der Waals surface area (Å²) in [5.74, 6) is 1.80. The molecule has 0 N–H and O–H groups in total. The molecule has 1 aromatic heterocycles. The zero-order valence-corrected chi connectivity index (χ0v) is 18.6. The summed E-state index contributed by atoms with van der Waals surface area (Å²) in [5, 5.41) is 10.2. The first-order chi connectivity index (χ1) is 13.5. The lowest BCUT2D eigenvalue weighted by Gasteiger charge is -2.08. The van der Waals surface area contributed by atoms with E-state index in [0.717, 1.165) is 23.3 Å². The zero-order valence-electron chi connectivity index (χ0n) is 15.5. The minimum atomic E-state index is -0.0621. The molecule has 8 heteroatoms. The highest BCUT2D eigenvalue weighted by Crippen LogP contribution is 2.27. The average Bonchev–Trinajstić information content (AvgIpc) is 3.07. The van der Waals surface area contributed by atoms with Crippen molar-refractivity contribution < 1.29 is 4.79 Å². The van der Waals surface area contributed by atoms with Crippen LogP contribution in [0.3, 0.4) is 0 Å². The number of nitrogens with zero attached hydrogens (tertiary/aromatic N) is 3. The van der Waals surface area contributed by atoms with Crippen molar-refractivity contribution in [3.8, 4) is 0 Å². The standard InChI is InChI=1S/C20H19Cl2N3OS2/c1-3-25-19(12-27-15-7-4-13(2)5-8-15)23-24-20(25)28-11-18(26)16-9-6-14(21)10-17(16)22/h4-10H,3,11-12H2,1-2H3. The number of hydrogen-bond donors (Lipinski definition) is 0. The summed E-state index contributed by atoms with van der Waals surface area (Å²) in [7, 11) is 0. The van der Waals surface area contributed by atoms with Gasteiger partial charge in [0.25, 0.3) is 0 Å². The number of halogens is 2. The summed E-state index contributed by atoms with van der Waals surface area (Å²) in [6.45, 7) is 4.87. The lowest BCUT2D eigenvalue weighted by Crippen LogP contribution is -2.06. The predicted molar refractivity (Wildman–Crippen MR) is 118 cm³/mol. The van der Waals surface area contributed by atoms with Crippen LogP contribution in [0.2, 0.25) is 10.0 Å². The van der Waals surface area contributed by atoms with Gasteiger partial charge in [-0.1, -0.05) is 52.7 Å². The highest BCUT2D eigenvalue weighted by molar-refractivity contribution is 7.99. The van der Waals surface area contributed by atoms with Crippen LogP contribution in [-0.4, -0.2) is 26.3 Å². The van der Waals surface area contributed by atoms with Crippen molar-refractivity contribution in [2.75, 3.05) is 5.75 Å². The molecule has 0 saturated heterocycles. The maximum Gasteiger partial charge on any atom is 0.191 e. The van der Waals surface area contributed by atoms with Crippen molar-refractivity contribution >= 4 is 52.5 Å². The number of aromatic nitrogens is 3. The molecule has 3 aromatic rings. The van der Waals surface area contributed by atoms with E-state index in [0.29, 0.717) is 15.6 Å². The Morgan fingerprint density at radius 1 is 1.07 bits per heavy atom. The minimum Gasteiger partial charge on any atom is -0.306 e. The van der Waals surface area contributed by atoms with Crippen molar-refractivity contribution in [3.05, 3.63) is 69.5 Å². The van der Waals surface area contributed by atoms with Crippen LogP contribution in [-0.2, 0) is 12.3 Å². The van der Waals surface area contributed by atoms with Crippen LogP contribution in [0.25, 0.3) is 0 Å². The Kier molecular flexibility index (Phi) is 7.46. The van der Waals surface area contributed by atoms with E-state index in [1.165, 1.54) is 22.2 Å². The lowest BCUT2D eigenvalue weighted by atomic mass is 10.1. The first kappa shape index (κ1) is 21.2. The third-order valence-electron chi connectivity index (χ3n) is 4.06. The number of aryl methyl sites for hydroxylation is 1. The van der Waals surface area contributed by atoms with Crippen LogP contribution in [0.1, 0.15) is 28.7 Å². The van der Waals surface area contributed by atoms with E-state index < -0.39 is 0 Å². The molecule has 28 heavy (non-hydrogen) atoms. The number of carbonyl (C=O) groups is 1. The molecule has 0 atom stereocenters. The average molecular weight is 452 g/mol. The Morgan fingerprint density at radius 3 is 2.50 bits per heavy atom. The molecule has 0 unspecified atom stereocenters. The molecular weight excluding hydrogens is 433 g/mol. The third-order valence-corrected chi connectivity index (χ3v) is 6.59. The Labute approximate surface area is 183 Å². The van der Waals surface area contributed by atoms with Crippen LogP contribution in [0, 0.1) is 6.92 Å². The van der Waals surface area contributed by atoms with Gasteiger partial charge in [0.15, 0.2) is 10.9 Å². The molecule has 0 amide bonds. The quantitative estimate of drug-likeness (QED) is 0.302. The summed E-state index contributed by atoms with van der Waals surface area (Å²) >= 11 is 15.1. The molecule has 0 bridgehead atoms. The van der Waals surface area contributed by atoms with Gasteiger partial charge in [0.1, 0.15) is 5.82 Å². The van der Waals surface area contributed by atoms with Crippen LogP contribution in [0.5, 0.6) is 0 Å². The van der Waals surface area contributed by atoms with Gasteiger partial charge >= 0.3 is 0 Å². The molecule has 0 aliphatic rings. The van der Waals surface area contributed by atoms with E-state index in [9.17, 15) is 4.79 Å². The molecule has 1 heterocycles. The summed E-state index contributed by atoms with van der Waals surface area (Å²) in [5.41, 5.74) is 1.71. The van der Waals surface area contributed by atoms with Gasteiger partial charge in [0.2, 0.25) is 0 Å². The van der Waals surface area contributed by atoms with Gasteiger partial charge < -0.3 is 4.57 Å². The first-order valence-electron chi connectivity index (χ1n) is 8.70. The molecule has 0 aliphatic carbocycles. The second-order valence-corrected chi connectivity index (χ2v) is 8.92. The SMILES string of the molecule is CCn1c(CSc2ccc(C)cc2)nnc1SCC(=O)c1ccc(Cl)cc1Cl. The monoisotopic (exact) mass is 451 g/mol. The molecule has 0 radical (unpaired) electrons. The van der Waals surface area contributed by atoms with Gasteiger partial charge in [-0.05, 0) is 44.2 Å². The zero-order chi connectivity index (χ0) is 20.1.